The highest BCUT2D eigenvalue weighted by Gasteiger charge is 2.48. The van der Waals surface area contributed by atoms with Gasteiger partial charge in [0.15, 0.2) is 29.7 Å². The minimum atomic E-state index is -1.55. The summed E-state index contributed by atoms with van der Waals surface area (Å²) in [5.41, 5.74) is 9.60. The molecule has 6 N–H and O–H groups in total. The number of amides is 9. The van der Waals surface area contributed by atoms with Gasteiger partial charge in [-0.05, 0) is 117 Å². The smallest absolute Gasteiger partial charge is 0.416 e. The number of ether oxygens (including phenoxy) is 5. The van der Waals surface area contributed by atoms with E-state index < -0.39 is 72.4 Å². The Kier molecular flexibility index (Phi) is 26.7. The number of methoxy groups -OCH3 is 1. The molecule has 27 heteroatoms. The zero-order chi connectivity index (χ0) is 74.4. The summed E-state index contributed by atoms with van der Waals surface area (Å²) in [7, 11) is 4.84. The van der Waals surface area contributed by atoms with Gasteiger partial charge in [-0.15, -0.1) is 0 Å². The Bertz CT molecular complexity index is 3880. The molecule has 5 heterocycles. The van der Waals surface area contributed by atoms with E-state index in [0.29, 0.717) is 73.0 Å². The molecule has 103 heavy (non-hydrogen) atoms. The lowest BCUT2D eigenvalue weighted by Gasteiger charge is -2.31. The van der Waals surface area contributed by atoms with Crippen molar-refractivity contribution in [2.24, 2.45) is 17.6 Å². The first-order chi connectivity index (χ1) is 49.1. The van der Waals surface area contributed by atoms with Crippen LogP contribution >= 0.6 is 21.6 Å². The number of aryl methyl sites for hydroxylation is 1. The summed E-state index contributed by atoms with van der Waals surface area (Å²) in [4.78, 5) is 141. The van der Waals surface area contributed by atoms with E-state index in [1.54, 1.807) is 64.9 Å². The van der Waals surface area contributed by atoms with Gasteiger partial charge in [0.25, 0.3) is 23.6 Å². The summed E-state index contributed by atoms with van der Waals surface area (Å²) in [5.74, 6) is -2.63. The van der Waals surface area contributed by atoms with Crippen LogP contribution in [0.3, 0.4) is 0 Å². The monoisotopic (exact) mass is 1450 g/mol. The van der Waals surface area contributed by atoms with Crippen LogP contribution in [0.1, 0.15) is 155 Å². The van der Waals surface area contributed by atoms with Crippen molar-refractivity contribution in [1.29, 1.82) is 0 Å². The second-order valence-electron chi connectivity index (χ2n) is 27.9. The summed E-state index contributed by atoms with van der Waals surface area (Å²) in [6.07, 6.45) is 1.95. The van der Waals surface area contributed by atoms with Gasteiger partial charge >= 0.3 is 18.2 Å². The Labute approximate surface area is 608 Å². The fourth-order valence-corrected chi connectivity index (χ4v) is 14.9. The van der Waals surface area contributed by atoms with E-state index in [1.165, 1.54) is 41.2 Å². The van der Waals surface area contributed by atoms with E-state index in [4.69, 9.17) is 29.4 Å². The Balaban J connectivity index is 0.802. The van der Waals surface area contributed by atoms with Crippen LogP contribution in [0.5, 0.6) is 17.2 Å². The van der Waals surface area contributed by atoms with Gasteiger partial charge < -0.3 is 60.1 Å². The second kappa shape index (κ2) is 35.3. The molecule has 5 aliphatic heterocycles. The molecule has 552 valence electrons. The molecule has 9 amide bonds. The van der Waals surface area contributed by atoms with Gasteiger partial charge in [0, 0.05) is 85.3 Å². The van der Waals surface area contributed by atoms with Crippen molar-refractivity contribution in [3.05, 3.63) is 143 Å². The molecule has 5 aliphatic rings. The molecule has 4 aromatic carbocycles. The molecule has 0 bridgehead atoms. The Morgan fingerprint density at radius 2 is 1.20 bits per heavy atom. The number of benzene rings is 4. The molecular formula is C76H94N8O17S2. The van der Waals surface area contributed by atoms with Crippen molar-refractivity contribution in [1.82, 2.24) is 25.3 Å². The SMILES string of the molecule is C=C1C[C@H]2C(O)N(C(=O)OCc3ccc(CC(=O)[C@H](CCCNC(N)=O)NC(=O)[C@@H](CC(=O)CCCCCN4C(=O)C=CC4=O)C(C)C)cc3)c3cc(OCCCCCOc4cc5c(cc4OC)C(=O)N4CC(=C)C[C@H]4C(O)N5C(=O)OCc4ccc(SSC(C)(C)C)cc4)c(C)cc3C(=O)N2C1. The zero-order valence-electron chi connectivity index (χ0n) is 59.5. The first-order valence-corrected chi connectivity index (χ1v) is 37.0. The molecule has 0 saturated carbocycles. The molecule has 0 spiro atoms. The number of Topliss-reactive ketones (excluding diaryl/α,β-unsaturated/α-hetero) is 2. The van der Waals surface area contributed by atoms with Crippen molar-refractivity contribution < 1.29 is 81.8 Å². The van der Waals surface area contributed by atoms with Gasteiger partial charge in [0.05, 0.1) is 61.0 Å². The predicted molar refractivity (Wildman–Crippen MR) is 389 cm³/mol. The standard InChI is InChI=1S/C76H94N8O17S2/c1-45(2)54(37-52(85)17-12-10-13-30-80-66(87)27-28-67(80)88)68(89)79-57(18-16-29-78-73(77)94)62(86)36-49-19-21-50(22-20-49)43-100-74(95)83-58-39-63(48(5)35-55(58)69(90)81-41-46(3)33-60(81)71(83)92)98-31-14-11-15-32-99-65-40-59-56(38-64(65)97-9)70(91)82-42-47(4)34-61(82)72(93)84(59)75(96)101-44-51-23-25-53(26-24-51)102-103-76(6,7)8/h19-28,35,38-40,45,54,57,60-61,71-72,92-93H,3-4,10-18,29-34,36-37,41-44H2,1-2,5-9H3,(H,79,89)(H3,77,78,94)/t54-,57-,60-,61-,71?,72?/m0/s1. The fraction of sp³-hybridized carbons (Fsp3) is 0.474. The lowest BCUT2D eigenvalue weighted by Crippen LogP contribution is -2.50. The largest absolute Gasteiger partial charge is 0.493 e. The molecule has 0 aromatic heterocycles. The van der Waals surface area contributed by atoms with Crippen LogP contribution in [0.4, 0.5) is 25.8 Å². The van der Waals surface area contributed by atoms with E-state index in [-0.39, 0.29) is 159 Å². The Hall–Kier alpha value is -9.18. The molecule has 0 radical (unpaired) electrons. The molecule has 0 aliphatic carbocycles. The van der Waals surface area contributed by atoms with Gasteiger partial charge in [-0.1, -0.05) is 123 Å². The highest BCUT2D eigenvalue weighted by Crippen LogP contribution is 2.44. The molecule has 9 rings (SSSR count). The summed E-state index contributed by atoms with van der Waals surface area (Å²) < 4.78 is 30.1. The lowest BCUT2D eigenvalue weighted by atomic mass is 9.88. The minimum Gasteiger partial charge on any atom is -0.493 e. The maximum atomic E-state index is 14.4. The zero-order valence-corrected chi connectivity index (χ0v) is 61.2. The number of hydrogen-bond acceptors (Lipinski definition) is 19. The Morgan fingerprint density at radius 3 is 1.75 bits per heavy atom. The predicted octanol–water partition coefficient (Wildman–Crippen LogP) is 10.4. The number of nitrogens with two attached hydrogens (primary N) is 1. The van der Waals surface area contributed by atoms with Gasteiger partial charge in [-0.2, -0.15) is 0 Å². The van der Waals surface area contributed by atoms with Gasteiger partial charge in [-0.3, -0.25) is 38.5 Å². The van der Waals surface area contributed by atoms with Crippen LogP contribution in [0.25, 0.3) is 0 Å². The number of primary amides is 1. The maximum absolute atomic E-state index is 14.4. The number of urea groups is 1. The van der Waals surface area contributed by atoms with Crippen LogP contribution in [0, 0.1) is 18.8 Å². The molecule has 4 aromatic rings. The highest BCUT2D eigenvalue weighted by atomic mass is 33.1. The van der Waals surface area contributed by atoms with Crippen LogP contribution in [0.15, 0.2) is 114 Å². The van der Waals surface area contributed by atoms with Crippen molar-refractivity contribution in [3.63, 3.8) is 0 Å². The fourth-order valence-electron chi connectivity index (χ4n) is 13.0. The van der Waals surface area contributed by atoms with Crippen LogP contribution in [-0.4, -0.2) is 166 Å². The van der Waals surface area contributed by atoms with Crippen LogP contribution < -0.4 is 40.4 Å². The molecule has 2 saturated heterocycles. The average molecular weight is 1460 g/mol. The number of fused-ring (bicyclic) bond motifs is 4. The summed E-state index contributed by atoms with van der Waals surface area (Å²) in [6.45, 7) is 20.8. The summed E-state index contributed by atoms with van der Waals surface area (Å²) >= 11 is 0. The number of carbonyl (C=O) groups excluding carboxylic acids is 10. The molecule has 6 atom stereocenters. The minimum absolute atomic E-state index is 0.0485. The molecule has 2 fully saturated rings. The number of nitrogens with one attached hydrogen (secondary N) is 2. The van der Waals surface area contributed by atoms with Crippen molar-refractivity contribution in [3.8, 4) is 17.2 Å². The number of aliphatic hydroxyl groups excluding tert-OH is 2. The van der Waals surface area contributed by atoms with Gasteiger partial charge in [-0.25, -0.2) is 24.2 Å². The van der Waals surface area contributed by atoms with Gasteiger partial charge in [0.2, 0.25) is 5.91 Å². The number of rotatable bonds is 33. The lowest BCUT2D eigenvalue weighted by molar-refractivity contribution is -0.137. The normalized spacial score (nSPS) is 18.4. The third kappa shape index (κ3) is 20.2. The first kappa shape index (κ1) is 78.0. The number of ketones is 2. The third-order valence-corrected chi connectivity index (χ3v) is 21.9. The number of anilines is 2. The number of carbonyl (C=O) groups is 10. The molecule has 25 nitrogen and oxygen atoms in total. The number of hydrogen-bond donors (Lipinski definition) is 5. The highest BCUT2D eigenvalue weighted by molar-refractivity contribution is 8.77. The Morgan fingerprint density at radius 1 is 0.680 bits per heavy atom. The van der Waals surface area contributed by atoms with Gasteiger partial charge in [0.1, 0.15) is 24.7 Å². The third-order valence-electron chi connectivity index (χ3n) is 18.5. The average Bonchev–Trinajstić information content (AvgIpc) is 1.67. The second-order valence-corrected chi connectivity index (χ2v) is 31.0. The maximum Gasteiger partial charge on any atom is 0.416 e. The summed E-state index contributed by atoms with van der Waals surface area (Å²) in [5, 5.41) is 29.4. The van der Waals surface area contributed by atoms with E-state index >= 15 is 0 Å². The number of imide groups is 1. The van der Waals surface area contributed by atoms with Crippen LogP contribution in [0.2, 0.25) is 0 Å². The topological polar surface area (TPSA) is 324 Å². The molecular weight excluding hydrogens is 1360 g/mol. The first-order valence-electron chi connectivity index (χ1n) is 34.9. The van der Waals surface area contributed by atoms with E-state index in [1.807, 2.05) is 38.1 Å². The number of unbranched alkanes of at least 4 members (excludes halogenated alkanes) is 4. The van der Waals surface area contributed by atoms with E-state index in [2.05, 4.69) is 44.6 Å². The van der Waals surface area contributed by atoms with Crippen molar-refractivity contribution in [2.75, 3.05) is 56.3 Å². The quantitative estimate of drug-likeness (QED) is 0.0128. The number of aliphatic hydroxyl groups is 2. The number of nitrogens with zero attached hydrogens (tertiary/aromatic N) is 5. The summed E-state index contributed by atoms with van der Waals surface area (Å²) in [6, 6.07) is 17.3. The molecule has 2 unspecified atom stereocenters. The van der Waals surface area contributed by atoms with Crippen molar-refractivity contribution in [2.45, 2.75) is 178 Å². The van der Waals surface area contributed by atoms with E-state index in [9.17, 15) is 58.2 Å². The van der Waals surface area contributed by atoms with Crippen LogP contribution in [-0.2, 0) is 53.1 Å². The van der Waals surface area contributed by atoms with E-state index in [0.717, 1.165) is 30.7 Å². The van der Waals surface area contributed by atoms with Crippen molar-refractivity contribution >= 4 is 92.3 Å².